The van der Waals surface area contributed by atoms with Crippen molar-refractivity contribution in [1.29, 1.82) is 0 Å². The number of alkyl carbamates (subject to hydrolysis) is 1. The van der Waals surface area contributed by atoms with Crippen molar-refractivity contribution in [3.05, 3.63) is 29.3 Å². The van der Waals surface area contributed by atoms with Gasteiger partial charge in [0, 0.05) is 25.2 Å². The van der Waals surface area contributed by atoms with Crippen LogP contribution in [0.4, 0.5) is 4.79 Å². The second-order valence-corrected chi connectivity index (χ2v) is 8.07. The summed E-state index contributed by atoms with van der Waals surface area (Å²) in [5.74, 6) is 0.634. The number of fused-ring (bicyclic) bond motifs is 1. The predicted molar refractivity (Wildman–Crippen MR) is 96.5 cm³/mol. The molecular formula is C17H26N2O6S. The summed E-state index contributed by atoms with van der Waals surface area (Å²) >= 11 is 0. The van der Waals surface area contributed by atoms with Crippen molar-refractivity contribution < 1.29 is 27.2 Å². The Bertz CT molecular complexity index is 763. The highest BCUT2D eigenvalue weighted by Gasteiger charge is 2.44. The van der Waals surface area contributed by atoms with Gasteiger partial charge in [0.1, 0.15) is 5.75 Å². The number of nitrogens with zero attached hydrogens (tertiary/aromatic N) is 1. The van der Waals surface area contributed by atoms with E-state index in [-0.39, 0.29) is 13.1 Å². The number of amides is 1. The molecule has 26 heavy (non-hydrogen) atoms. The van der Waals surface area contributed by atoms with Crippen molar-refractivity contribution in [1.82, 2.24) is 9.62 Å². The molecule has 8 nitrogen and oxygen atoms in total. The summed E-state index contributed by atoms with van der Waals surface area (Å²) in [7, 11) is -4.20. The molecule has 1 unspecified atom stereocenters. The number of benzene rings is 1. The Morgan fingerprint density at radius 2 is 2.08 bits per heavy atom. The molecule has 1 aliphatic rings. The molecular weight excluding hydrogens is 360 g/mol. The molecule has 0 fully saturated rings. The molecule has 0 radical (unpaired) electrons. The van der Waals surface area contributed by atoms with Gasteiger partial charge in [-0.15, -0.1) is 0 Å². The van der Waals surface area contributed by atoms with Crippen molar-refractivity contribution in [3.8, 4) is 5.75 Å². The second-order valence-electron chi connectivity index (χ2n) is 6.66. The Hall–Kier alpha value is -1.84. The molecule has 0 spiro atoms. The van der Waals surface area contributed by atoms with E-state index < -0.39 is 28.1 Å². The van der Waals surface area contributed by atoms with Gasteiger partial charge in [0.2, 0.25) is 0 Å². The van der Waals surface area contributed by atoms with Gasteiger partial charge < -0.3 is 14.8 Å². The highest BCUT2D eigenvalue weighted by Crippen LogP contribution is 2.43. The summed E-state index contributed by atoms with van der Waals surface area (Å²) in [6, 6.07) is 5.55. The van der Waals surface area contributed by atoms with Crippen LogP contribution in [-0.2, 0) is 26.9 Å². The molecule has 1 aliphatic heterocycles. The summed E-state index contributed by atoms with van der Waals surface area (Å²) in [5, 5.41) is 2.57. The Morgan fingerprint density at radius 3 is 2.65 bits per heavy atom. The van der Waals surface area contributed by atoms with E-state index in [1.54, 1.807) is 19.9 Å². The van der Waals surface area contributed by atoms with Crippen LogP contribution in [0.15, 0.2) is 18.2 Å². The molecule has 9 heteroatoms. The normalized spacial score (nSPS) is 18.3. The van der Waals surface area contributed by atoms with Crippen LogP contribution in [0.5, 0.6) is 5.75 Å². The molecule has 1 aromatic carbocycles. The van der Waals surface area contributed by atoms with E-state index in [4.69, 9.17) is 9.47 Å². The zero-order valence-electron chi connectivity index (χ0n) is 15.5. The average Bonchev–Trinajstić information content (AvgIpc) is 2.78. The number of carbonyl (C=O) groups excluding carboxylic acids is 1. The number of likely N-dealkylation sites (N-methyl/N-ethyl adjacent to an activating group) is 1. The molecule has 0 saturated heterocycles. The number of ether oxygens (including phenoxy) is 2. The molecule has 1 amide bonds. The van der Waals surface area contributed by atoms with E-state index in [9.17, 15) is 17.8 Å². The molecule has 2 N–H and O–H groups in total. The number of nitrogens with one attached hydrogen (secondary N) is 1. The zero-order chi connectivity index (χ0) is 19.5. The lowest BCUT2D eigenvalue weighted by atomic mass is 9.84. The minimum Gasteiger partial charge on any atom is -0.453 e. The van der Waals surface area contributed by atoms with Gasteiger partial charge in [-0.05, 0) is 38.8 Å². The van der Waals surface area contributed by atoms with Crippen LogP contribution in [0.3, 0.4) is 0 Å². The number of carbonyl (C=O) groups is 1. The van der Waals surface area contributed by atoms with Crippen molar-refractivity contribution in [2.75, 3.05) is 19.6 Å². The van der Waals surface area contributed by atoms with Crippen LogP contribution in [-0.4, -0.2) is 49.3 Å². The van der Waals surface area contributed by atoms with Crippen LogP contribution in [0, 0.1) is 0 Å². The highest BCUT2D eigenvalue weighted by molar-refractivity contribution is 7.83. The van der Waals surface area contributed by atoms with Crippen molar-refractivity contribution in [2.45, 2.75) is 45.8 Å². The number of rotatable bonds is 7. The number of hydrogen-bond acceptors (Lipinski definition) is 5. The first-order valence-electron chi connectivity index (χ1n) is 8.56. The van der Waals surface area contributed by atoms with E-state index in [1.165, 1.54) is 0 Å². The van der Waals surface area contributed by atoms with E-state index in [1.807, 2.05) is 26.0 Å². The lowest BCUT2D eigenvalue weighted by Gasteiger charge is -2.25. The van der Waals surface area contributed by atoms with Crippen molar-refractivity contribution >= 4 is 16.4 Å². The highest BCUT2D eigenvalue weighted by atomic mass is 32.2. The Labute approximate surface area is 154 Å². The van der Waals surface area contributed by atoms with E-state index in [0.717, 1.165) is 15.4 Å². The summed E-state index contributed by atoms with van der Waals surface area (Å²) in [5.41, 5.74) is 1.24. The summed E-state index contributed by atoms with van der Waals surface area (Å²) in [6.07, 6.45) is -0.839. The largest absolute Gasteiger partial charge is 0.453 e. The molecule has 146 valence electrons. The van der Waals surface area contributed by atoms with Crippen molar-refractivity contribution in [2.24, 2.45) is 0 Å². The van der Waals surface area contributed by atoms with Crippen LogP contribution < -0.4 is 10.1 Å². The van der Waals surface area contributed by atoms with Gasteiger partial charge in [-0.25, -0.2) is 4.79 Å². The maximum absolute atomic E-state index is 11.7. The molecule has 0 saturated carbocycles. The van der Waals surface area contributed by atoms with E-state index in [2.05, 4.69) is 5.32 Å². The maximum atomic E-state index is 11.7. The van der Waals surface area contributed by atoms with Gasteiger partial charge >= 0.3 is 16.4 Å². The first-order valence-corrected chi connectivity index (χ1v) is 9.96. The molecule has 1 aromatic rings. The first-order chi connectivity index (χ1) is 12.1. The standard InChI is InChI=1S/C17H26N2O6S/c1-5-18-16(20)25-15-17(3,4)13-11-12(7-8-14(13)24-15)9-10-19(6-2)26(21,22)23/h7-8,11,15H,5-6,9-10H2,1-4H3,(H,18,20)(H,21,22,23). The monoisotopic (exact) mass is 386 g/mol. The average molecular weight is 386 g/mol. The Morgan fingerprint density at radius 1 is 1.38 bits per heavy atom. The summed E-state index contributed by atoms with van der Waals surface area (Å²) in [6.45, 7) is 8.14. The Balaban J connectivity index is 2.13. The van der Waals surface area contributed by atoms with Crippen LogP contribution >= 0.6 is 0 Å². The molecule has 2 rings (SSSR count). The first kappa shape index (κ1) is 20.5. The van der Waals surface area contributed by atoms with Crippen LogP contribution in [0.1, 0.15) is 38.8 Å². The summed E-state index contributed by atoms with van der Waals surface area (Å²) in [4.78, 5) is 11.7. The molecule has 0 bridgehead atoms. The van der Waals surface area contributed by atoms with Gasteiger partial charge in [-0.2, -0.15) is 12.7 Å². The third kappa shape index (κ3) is 4.46. The van der Waals surface area contributed by atoms with Gasteiger partial charge in [0.15, 0.2) is 0 Å². The van der Waals surface area contributed by atoms with E-state index in [0.29, 0.717) is 18.7 Å². The number of hydrogen-bond donors (Lipinski definition) is 2. The zero-order valence-corrected chi connectivity index (χ0v) is 16.3. The molecule has 1 atom stereocenters. The van der Waals surface area contributed by atoms with Crippen LogP contribution in [0.25, 0.3) is 0 Å². The second kappa shape index (κ2) is 7.81. The van der Waals surface area contributed by atoms with Gasteiger partial charge in [0.05, 0.1) is 5.41 Å². The minimum atomic E-state index is -4.20. The fourth-order valence-corrected chi connectivity index (χ4v) is 3.52. The van der Waals surface area contributed by atoms with Gasteiger partial charge in [-0.1, -0.05) is 19.1 Å². The molecule has 1 heterocycles. The predicted octanol–water partition coefficient (Wildman–Crippen LogP) is 2.10. The third-order valence-corrected chi connectivity index (χ3v) is 5.52. The third-order valence-electron chi connectivity index (χ3n) is 4.43. The lowest BCUT2D eigenvalue weighted by Crippen LogP contribution is -2.39. The Kier molecular flexibility index (Phi) is 6.15. The maximum Gasteiger partial charge on any atom is 0.410 e. The minimum absolute atomic E-state index is 0.175. The van der Waals surface area contributed by atoms with E-state index >= 15 is 0 Å². The van der Waals surface area contributed by atoms with Gasteiger partial charge in [0.25, 0.3) is 6.29 Å². The topological polar surface area (TPSA) is 105 Å². The van der Waals surface area contributed by atoms with Crippen molar-refractivity contribution in [3.63, 3.8) is 0 Å². The fraction of sp³-hybridized carbons (Fsp3) is 0.588. The fourth-order valence-electron chi connectivity index (χ4n) is 2.87. The quantitative estimate of drug-likeness (QED) is 0.695. The molecule has 0 aromatic heterocycles. The summed E-state index contributed by atoms with van der Waals surface area (Å²) < 4.78 is 43.9. The SMILES string of the molecule is CCNC(=O)OC1Oc2ccc(CCN(CC)S(=O)(=O)O)cc2C1(C)C. The molecule has 0 aliphatic carbocycles. The van der Waals surface area contributed by atoms with Gasteiger partial charge in [-0.3, -0.25) is 4.55 Å². The lowest BCUT2D eigenvalue weighted by molar-refractivity contribution is -0.0562. The van der Waals surface area contributed by atoms with Crippen LogP contribution in [0.2, 0.25) is 0 Å². The smallest absolute Gasteiger partial charge is 0.410 e.